The normalized spacial score (nSPS) is 11.7. The molecule has 0 radical (unpaired) electrons. The van der Waals surface area contributed by atoms with Crippen LogP contribution in [0.1, 0.15) is 34.5 Å². The van der Waals surface area contributed by atoms with Gasteiger partial charge in [-0.1, -0.05) is 24.3 Å². The number of hydrogen-bond acceptors (Lipinski definition) is 5. The van der Waals surface area contributed by atoms with Crippen molar-refractivity contribution in [2.75, 3.05) is 7.11 Å². The average Bonchev–Trinajstić information content (AvgIpc) is 2.55. The predicted octanol–water partition coefficient (Wildman–Crippen LogP) is 3.66. The van der Waals surface area contributed by atoms with E-state index < -0.39 is 17.0 Å². The summed E-state index contributed by atoms with van der Waals surface area (Å²) < 4.78 is 10.4. The van der Waals surface area contributed by atoms with Gasteiger partial charge in [-0.05, 0) is 30.2 Å². The van der Waals surface area contributed by atoms with Crippen LogP contribution in [0.15, 0.2) is 48.5 Å². The molecule has 0 bridgehead atoms. The van der Waals surface area contributed by atoms with Crippen LogP contribution in [-0.2, 0) is 16.1 Å². The molecule has 6 heteroatoms. The van der Waals surface area contributed by atoms with E-state index in [9.17, 15) is 14.9 Å². The molecule has 0 unspecified atom stereocenters. The Morgan fingerprint density at radius 3 is 2.65 bits per heavy atom. The molecule has 120 valence electrons. The molecule has 0 amide bonds. The minimum Gasteiger partial charge on any atom is -0.454 e. The number of carbonyl (C=O) groups excluding carboxylic acids is 1. The summed E-state index contributed by atoms with van der Waals surface area (Å²) in [5, 5.41) is 10.8. The van der Waals surface area contributed by atoms with Crippen molar-refractivity contribution in [2.45, 2.75) is 19.6 Å². The van der Waals surface area contributed by atoms with Gasteiger partial charge in [0.05, 0.1) is 17.1 Å². The maximum absolute atomic E-state index is 12.2. The Labute approximate surface area is 133 Å². The van der Waals surface area contributed by atoms with Gasteiger partial charge in [-0.3, -0.25) is 10.1 Å². The van der Waals surface area contributed by atoms with E-state index >= 15 is 0 Å². The van der Waals surface area contributed by atoms with Gasteiger partial charge in [0.15, 0.2) is 0 Å². The van der Waals surface area contributed by atoms with Gasteiger partial charge in [-0.25, -0.2) is 4.79 Å². The fraction of sp³-hybridized carbons (Fsp3) is 0.235. The van der Waals surface area contributed by atoms with E-state index in [1.54, 1.807) is 44.4 Å². The Kier molecular flexibility index (Phi) is 5.43. The van der Waals surface area contributed by atoms with Crippen LogP contribution in [0.3, 0.4) is 0 Å². The third kappa shape index (κ3) is 4.37. The number of non-ortho nitro benzene ring substituents is 1. The predicted molar refractivity (Wildman–Crippen MR) is 84.1 cm³/mol. The van der Waals surface area contributed by atoms with Crippen molar-refractivity contribution in [1.82, 2.24) is 0 Å². The number of rotatable bonds is 6. The van der Waals surface area contributed by atoms with Crippen molar-refractivity contribution in [3.05, 3.63) is 75.3 Å². The first-order valence-electron chi connectivity index (χ1n) is 7.04. The molecule has 6 nitrogen and oxygen atoms in total. The average molecular weight is 315 g/mol. The Balaban J connectivity index is 2.11. The number of nitro benzene ring substituents is 1. The third-order valence-electron chi connectivity index (χ3n) is 3.31. The molecule has 0 saturated heterocycles. The Hall–Kier alpha value is -2.73. The van der Waals surface area contributed by atoms with Gasteiger partial charge in [-0.2, -0.15) is 0 Å². The van der Waals surface area contributed by atoms with Gasteiger partial charge in [0.25, 0.3) is 5.69 Å². The van der Waals surface area contributed by atoms with Gasteiger partial charge < -0.3 is 9.47 Å². The zero-order chi connectivity index (χ0) is 16.8. The van der Waals surface area contributed by atoms with Crippen LogP contribution in [-0.4, -0.2) is 18.0 Å². The van der Waals surface area contributed by atoms with E-state index in [-0.39, 0.29) is 5.69 Å². The molecule has 0 aliphatic rings. The van der Waals surface area contributed by atoms with Crippen molar-refractivity contribution >= 4 is 11.7 Å². The van der Waals surface area contributed by atoms with Crippen LogP contribution in [0.2, 0.25) is 0 Å². The molecule has 23 heavy (non-hydrogen) atoms. The van der Waals surface area contributed by atoms with Crippen molar-refractivity contribution in [3.63, 3.8) is 0 Å². The Bertz CT molecular complexity index is 714. The second kappa shape index (κ2) is 7.51. The molecule has 0 saturated carbocycles. The number of esters is 1. The maximum Gasteiger partial charge on any atom is 0.338 e. The molecule has 2 aromatic rings. The van der Waals surface area contributed by atoms with Crippen molar-refractivity contribution in [1.29, 1.82) is 0 Å². The van der Waals surface area contributed by atoms with Gasteiger partial charge in [0.2, 0.25) is 0 Å². The molecule has 0 fully saturated rings. The zero-order valence-corrected chi connectivity index (χ0v) is 12.9. The van der Waals surface area contributed by atoms with E-state index in [1.165, 1.54) is 12.1 Å². The van der Waals surface area contributed by atoms with Crippen molar-refractivity contribution in [3.8, 4) is 0 Å². The highest BCUT2D eigenvalue weighted by Crippen LogP contribution is 2.23. The first-order valence-corrected chi connectivity index (χ1v) is 7.04. The molecule has 0 spiro atoms. The highest BCUT2D eigenvalue weighted by molar-refractivity contribution is 5.89. The lowest BCUT2D eigenvalue weighted by atomic mass is 10.1. The fourth-order valence-corrected chi connectivity index (χ4v) is 2.14. The molecule has 2 aromatic carbocycles. The zero-order valence-electron chi connectivity index (χ0n) is 12.9. The van der Waals surface area contributed by atoms with Crippen molar-refractivity contribution in [2.24, 2.45) is 0 Å². The highest BCUT2D eigenvalue weighted by atomic mass is 16.6. The summed E-state index contributed by atoms with van der Waals surface area (Å²) >= 11 is 0. The largest absolute Gasteiger partial charge is 0.454 e. The molecular formula is C17H17NO5. The van der Waals surface area contributed by atoms with Crippen LogP contribution in [0.5, 0.6) is 0 Å². The van der Waals surface area contributed by atoms with Crippen LogP contribution >= 0.6 is 0 Å². The summed E-state index contributed by atoms with van der Waals surface area (Å²) in [6, 6.07) is 13.0. The maximum atomic E-state index is 12.2. The van der Waals surface area contributed by atoms with Gasteiger partial charge in [0.1, 0.15) is 6.10 Å². The molecule has 2 rings (SSSR count). The van der Waals surface area contributed by atoms with Crippen LogP contribution < -0.4 is 0 Å². The van der Waals surface area contributed by atoms with Crippen LogP contribution in [0.4, 0.5) is 5.69 Å². The highest BCUT2D eigenvalue weighted by Gasteiger charge is 2.16. The lowest BCUT2D eigenvalue weighted by Gasteiger charge is -2.14. The summed E-state index contributed by atoms with van der Waals surface area (Å²) in [5.74, 6) is -0.484. The van der Waals surface area contributed by atoms with Crippen molar-refractivity contribution < 1.29 is 19.2 Å². The standard InChI is InChI=1S/C17H17NO5/c1-12(14-6-4-8-16(10-14)18(20)21)23-17(19)15-7-3-5-13(9-15)11-22-2/h3-10,12H,11H2,1-2H3/t12-/m1/s1. The molecule has 0 aromatic heterocycles. The van der Waals surface area contributed by atoms with E-state index in [2.05, 4.69) is 0 Å². The fourth-order valence-electron chi connectivity index (χ4n) is 2.14. The number of carbonyl (C=O) groups is 1. The summed E-state index contributed by atoms with van der Waals surface area (Å²) in [4.78, 5) is 22.5. The second-order valence-electron chi connectivity index (χ2n) is 5.03. The molecule has 0 aliphatic heterocycles. The summed E-state index contributed by atoms with van der Waals surface area (Å²) in [6.07, 6.45) is -0.589. The number of hydrogen-bond donors (Lipinski definition) is 0. The minimum absolute atomic E-state index is 0.0347. The van der Waals surface area contributed by atoms with Gasteiger partial charge >= 0.3 is 5.97 Å². The number of nitro groups is 1. The minimum atomic E-state index is -0.589. The van der Waals surface area contributed by atoms with E-state index in [0.29, 0.717) is 17.7 Å². The number of benzene rings is 2. The van der Waals surface area contributed by atoms with Crippen LogP contribution in [0, 0.1) is 10.1 Å². The first-order chi connectivity index (χ1) is 11.0. The molecule has 0 aliphatic carbocycles. The molecule has 0 N–H and O–H groups in total. The summed E-state index contributed by atoms with van der Waals surface area (Å²) in [6.45, 7) is 2.08. The molecule has 1 atom stereocenters. The number of nitrogens with zero attached hydrogens (tertiary/aromatic N) is 1. The summed E-state index contributed by atoms with van der Waals surface area (Å²) in [7, 11) is 1.58. The first kappa shape index (κ1) is 16.6. The number of methoxy groups -OCH3 is 1. The third-order valence-corrected chi connectivity index (χ3v) is 3.31. The second-order valence-corrected chi connectivity index (χ2v) is 5.03. The van der Waals surface area contributed by atoms with E-state index in [4.69, 9.17) is 9.47 Å². The molecular weight excluding hydrogens is 298 g/mol. The Morgan fingerprint density at radius 1 is 1.22 bits per heavy atom. The van der Waals surface area contributed by atoms with E-state index in [1.807, 2.05) is 6.07 Å². The smallest absolute Gasteiger partial charge is 0.338 e. The van der Waals surface area contributed by atoms with E-state index in [0.717, 1.165) is 5.56 Å². The van der Waals surface area contributed by atoms with Gasteiger partial charge in [0, 0.05) is 19.2 Å². The molecule has 0 heterocycles. The number of ether oxygens (including phenoxy) is 2. The van der Waals surface area contributed by atoms with Gasteiger partial charge in [-0.15, -0.1) is 0 Å². The topological polar surface area (TPSA) is 78.7 Å². The quantitative estimate of drug-likeness (QED) is 0.462. The SMILES string of the molecule is COCc1cccc(C(=O)O[C@H](C)c2cccc([N+](=O)[O-])c2)c1. The monoisotopic (exact) mass is 315 g/mol. The lowest BCUT2D eigenvalue weighted by Crippen LogP contribution is -2.10. The Morgan fingerprint density at radius 2 is 1.96 bits per heavy atom. The lowest BCUT2D eigenvalue weighted by molar-refractivity contribution is -0.385. The van der Waals surface area contributed by atoms with Crippen LogP contribution in [0.25, 0.3) is 0 Å². The summed E-state index contributed by atoms with van der Waals surface area (Å²) in [5.41, 5.74) is 1.81.